The number of nitrogens with one attached hydrogen (secondary N) is 2. The van der Waals surface area contributed by atoms with Crippen molar-refractivity contribution >= 4 is 35.5 Å². The quantitative estimate of drug-likeness (QED) is 0.0630. The number of nitro groups is 1. The SMILES string of the molecule is CC(C)C[C@H](NC(=O)[C@H](CCCN=C(N)N[N+](=O)[O-])CC(=O)COc1ccc2ccccc2c1)B1O[C@@H]2C[C@H]3C[C@H](C3(C)C)[C@]2(C)O1. The Labute approximate surface area is 276 Å². The Morgan fingerprint density at radius 1 is 1.17 bits per heavy atom. The molecule has 0 aromatic heterocycles. The second kappa shape index (κ2) is 14.2. The summed E-state index contributed by atoms with van der Waals surface area (Å²) in [6.45, 7) is 10.9. The topological polar surface area (TPSA) is 167 Å². The van der Waals surface area contributed by atoms with Crippen LogP contribution in [-0.4, -0.2) is 60.6 Å². The number of nitrogens with zero attached hydrogens (tertiary/aromatic N) is 2. The summed E-state index contributed by atoms with van der Waals surface area (Å²) in [6.07, 6.45) is 3.38. The van der Waals surface area contributed by atoms with Crippen LogP contribution in [0.3, 0.4) is 0 Å². The Bertz CT molecular complexity index is 1500. The number of carbonyl (C=O) groups is 2. The van der Waals surface area contributed by atoms with Gasteiger partial charge in [0.25, 0.3) is 5.96 Å². The smallest absolute Gasteiger partial charge is 0.481 e. The van der Waals surface area contributed by atoms with Crippen molar-refractivity contribution in [3.63, 3.8) is 0 Å². The molecule has 3 aliphatic carbocycles. The summed E-state index contributed by atoms with van der Waals surface area (Å²) in [5.41, 5.74) is 7.15. The van der Waals surface area contributed by atoms with Crippen LogP contribution in [0.25, 0.3) is 10.8 Å². The molecule has 2 bridgehead atoms. The third-order valence-corrected chi connectivity index (χ3v) is 10.5. The zero-order valence-corrected chi connectivity index (χ0v) is 28.1. The minimum Gasteiger partial charge on any atom is -0.486 e. The molecule has 4 fully saturated rings. The van der Waals surface area contributed by atoms with Gasteiger partial charge in [0.15, 0.2) is 10.8 Å². The molecule has 6 rings (SSSR count). The van der Waals surface area contributed by atoms with Crippen molar-refractivity contribution in [1.82, 2.24) is 10.7 Å². The van der Waals surface area contributed by atoms with E-state index in [1.54, 1.807) is 0 Å². The third-order valence-electron chi connectivity index (χ3n) is 10.5. The predicted molar refractivity (Wildman–Crippen MR) is 180 cm³/mol. The van der Waals surface area contributed by atoms with Crippen LogP contribution in [-0.2, 0) is 18.9 Å². The molecule has 6 atom stereocenters. The molecule has 1 saturated heterocycles. The van der Waals surface area contributed by atoms with Crippen molar-refractivity contribution in [2.45, 2.75) is 90.8 Å². The normalized spacial score (nSPS) is 25.9. The van der Waals surface area contributed by atoms with Crippen molar-refractivity contribution in [2.75, 3.05) is 13.2 Å². The van der Waals surface area contributed by atoms with Crippen LogP contribution in [0.5, 0.6) is 5.75 Å². The van der Waals surface area contributed by atoms with Crippen LogP contribution >= 0.6 is 0 Å². The van der Waals surface area contributed by atoms with E-state index in [9.17, 15) is 19.7 Å². The first-order valence-corrected chi connectivity index (χ1v) is 16.7. The Kier molecular flexibility index (Phi) is 10.5. The van der Waals surface area contributed by atoms with Crippen molar-refractivity contribution in [3.8, 4) is 5.75 Å². The van der Waals surface area contributed by atoms with E-state index in [0.29, 0.717) is 36.8 Å². The molecule has 2 aromatic rings. The monoisotopic (exact) mass is 649 g/mol. The molecule has 254 valence electrons. The molecule has 0 radical (unpaired) electrons. The number of ether oxygens (including phenoxy) is 1. The maximum absolute atomic E-state index is 13.9. The molecule has 0 spiro atoms. The molecule has 12 nitrogen and oxygen atoms in total. The molecule has 4 N–H and O–H groups in total. The first kappa shape index (κ1) is 34.6. The maximum Gasteiger partial charge on any atom is 0.481 e. The zero-order chi connectivity index (χ0) is 33.9. The lowest BCUT2D eigenvalue weighted by Gasteiger charge is -2.64. The number of benzene rings is 2. The fourth-order valence-electron chi connectivity index (χ4n) is 7.86. The summed E-state index contributed by atoms with van der Waals surface area (Å²) >= 11 is 0. The number of hydrogen-bond donors (Lipinski definition) is 3. The van der Waals surface area contributed by atoms with Gasteiger partial charge in [0.05, 0.1) is 17.6 Å². The summed E-state index contributed by atoms with van der Waals surface area (Å²) in [5, 5.41) is 15.1. The molecule has 1 amide bonds. The van der Waals surface area contributed by atoms with E-state index in [-0.39, 0.29) is 54.7 Å². The number of hydrogen-bond acceptors (Lipinski definition) is 8. The maximum atomic E-state index is 13.9. The Morgan fingerprint density at radius 2 is 1.91 bits per heavy atom. The first-order valence-electron chi connectivity index (χ1n) is 16.7. The van der Waals surface area contributed by atoms with E-state index in [0.717, 1.165) is 23.6 Å². The molecule has 1 aliphatic heterocycles. The molecular weight excluding hydrogens is 601 g/mol. The summed E-state index contributed by atoms with van der Waals surface area (Å²) in [5.74, 6) is -0.0463. The molecule has 2 aromatic carbocycles. The number of carbonyl (C=O) groups excluding carboxylic acids is 2. The van der Waals surface area contributed by atoms with Gasteiger partial charge >= 0.3 is 7.12 Å². The van der Waals surface area contributed by atoms with E-state index >= 15 is 0 Å². The number of ketones is 1. The van der Waals surface area contributed by atoms with Gasteiger partial charge < -0.3 is 25.1 Å². The molecule has 0 unspecified atom stereocenters. The lowest BCUT2D eigenvalue weighted by Crippen LogP contribution is -2.65. The predicted octanol–water partition coefficient (Wildman–Crippen LogP) is 4.47. The number of nitrogens with two attached hydrogens (primary N) is 1. The summed E-state index contributed by atoms with van der Waals surface area (Å²) in [6, 6.07) is 13.5. The summed E-state index contributed by atoms with van der Waals surface area (Å²) < 4.78 is 19.1. The van der Waals surface area contributed by atoms with Gasteiger partial charge in [0, 0.05) is 18.9 Å². The minimum absolute atomic E-state index is 0.0171. The van der Waals surface area contributed by atoms with Crippen LogP contribution in [0.2, 0.25) is 0 Å². The molecule has 47 heavy (non-hydrogen) atoms. The lowest BCUT2D eigenvalue weighted by molar-refractivity contribution is -0.525. The molecule has 1 heterocycles. The average molecular weight is 650 g/mol. The largest absolute Gasteiger partial charge is 0.486 e. The number of amides is 1. The van der Waals surface area contributed by atoms with Gasteiger partial charge in [-0.1, -0.05) is 63.5 Å². The second-order valence-electron chi connectivity index (χ2n) is 14.6. The van der Waals surface area contributed by atoms with Gasteiger partial charge in [0.1, 0.15) is 12.4 Å². The van der Waals surface area contributed by atoms with Gasteiger partial charge in [-0.3, -0.25) is 9.59 Å². The molecule has 4 aliphatic rings. The highest BCUT2D eigenvalue weighted by molar-refractivity contribution is 6.47. The fourth-order valence-corrected chi connectivity index (χ4v) is 7.86. The Morgan fingerprint density at radius 3 is 2.62 bits per heavy atom. The number of hydrazine groups is 1. The van der Waals surface area contributed by atoms with Gasteiger partial charge in [-0.15, -0.1) is 0 Å². The number of rotatable bonds is 15. The van der Waals surface area contributed by atoms with Crippen LogP contribution in [0.15, 0.2) is 47.5 Å². The molecular formula is C34H48BN5O7. The zero-order valence-electron chi connectivity index (χ0n) is 28.1. The van der Waals surface area contributed by atoms with E-state index in [4.69, 9.17) is 19.8 Å². The van der Waals surface area contributed by atoms with E-state index < -0.39 is 29.6 Å². The third kappa shape index (κ3) is 7.89. The van der Waals surface area contributed by atoms with Gasteiger partial charge in [-0.05, 0) is 85.1 Å². The number of Topliss-reactive ketones (excluding diaryl/α,β-unsaturated/α-hetero) is 1. The summed E-state index contributed by atoms with van der Waals surface area (Å²) in [7, 11) is -0.586. The highest BCUT2D eigenvalue weighted by atomic mass is 16.7. The van der Waals surface area contributed by atoms with Crippen LogP contribution in [0.1, 0.15) is 73.1 Å². The standard InChI is InChI=1S/C34H48BN5O7/c1-21(2)15-30(35-46-29-19-25-18-28(33(25,3)4)34(29,5)47-35)38-31(42)24(11-8-14-37-32(36)39-40(43)44)16-26(41)20-45-27-13-12-22-9-6-7-10-23(22)17-27/h6-7,9-10,12-13,17,21,24-25,28-30H,8,11,14-16,18-20H2,1-5H3,(H,38,42)(H3,36,37,39)/t24-,25-,28-,29-,30+,34+/m1/s1. The van der Waals surface area contributed by atoms with Crippen LogP contribution < -0.4 is 21.2 Å². The molecule has 13 heteroatoms. The Hall–Kier alpha value is -3.71. The second-order valence-corrected chi connectivity index (χ2v) is 14.6. The molecule has 3 saturated carbocycles. The lowest BCUT2D eigenvalue weighted by atomic mass is 9.43. The first-order chi connectivity index (χ1) is 22.3. The van der Waals surface area contributed by atoms with Crippen molar-refractivity contribution in [1.29, 1.82) is 0 Å². The van der Waals surface area contributed by atoms with Crippen molar-refractivity contribution in [3.05, 3.63) is 52.6 Å². The van der Waals surface area contributed by atoms with Crippen LogP contribution in [0, 0.1) is 39.2 Å². The van der Waals surface area contributed by atoms with Crippen molar-refractivity contribution in [2.24, 2.45) is 39.8 Å². The van der Waals surface area contributed by atoms with Gasteiger partial charge in [-0.25, -0.2) is 15.1 Å². The minimum atomic E-state index is -0.785. The number of guanidine groups is 1. The summed E-state index contributed by atoms with van der Waals surface area (Å²) in [4.78, 5) is 41.7. The average Bonchev–Trinajstić information content (AvgIpc) is 3.37. The van der Waals surface area contributed by atoms with E-state index in [1.165, 1.54) is 0 Å². The fraction of sp³-hybridized carbons (Fsp3) is 0.618. The number of aliphatic imine (C=N–C) groups is 1. The van der Waals surface area contributed by atoms with Gasteiger partial charge in [-0.2, -0.15) is 0 Å². The van der Waals surface area contributed by atoms with E-state index in [2.05, 4.69) is 44.9 Å². The van der Waals surface area contributed by atoms with E-state index in [1.807, 2.05) is 47.9 Å². The Balaban J connectivity index is 1.25. The highest BCUT2D eigenvalue weighted by Crippen LogP contribution is 2.65. The number of fused-ring (bicyclic) bond motifs is 1. The highest BCUT2D eigenvalue weighted by Gasteiger charge is 2.68. The van der Waals surface area contributed by atoms with Gasteiger partial charge in [0.2, 0.25) is 5.91 Å². The van der Waals surface area contributed by atoms with Crippen LogP contribution in [0.4, 0.5) is 0 Å². The van der Waals surface area contributed by atoms with Crippen molar-refractivity contribution < 1.29 is 28.7 Å².